The third kappa shape index (κ3) is 3.80. The highest BCUT2D eigenvalue weighted by Gasteiger charge is 2.10. The molecule has 2 aromatic rings. The lowest BCUT2D eigenvalue weighted by Gasteiger charge is -2.16. The molecule has 2 aromatic carbocycles. The van der Waals surface area contributed by atoms with E-state index in [9.17, 15) is 5.11 Å². The van der Waals surface area contributed by atoms with Crippen molar-refractivity contribution in [3.63, 3.8) is 0 Å². The molecule has 0 heterocycles. The van der Waals surface area contributed by atoms with Crippen molar-refractivity contribution in [3.05, 3.63) is 52.6 Å². The number of ether oxygens (including phenoxy) is 1. The highest BCUT2D eigenvalue weighted by molar-refractivity contribution is 5.48. The number of phenols is 1. The summed E-state index contributed by atoms with van der Waals surface area (Å²) < 4.78 is 6.07. The first-order chi connectivity index (χ1) is 10.5. The van der Waals surface area contributed by atoms with E-state index in [0.717, 1.165) is 41.9 Å². The molecule has 0 amide bonds. The molecular weight excluding hydrogens is 276 g/mol. The Morgan fingerprint density at radius 3 is 2.45 bits per heavy atom. The number of aromatic hydroxyl groups is 1. The van der Waals surface area contributed by atoms with E-state index in [-0.39, 0.29) is 12.4 Å². The molecule has 0 aromatic heterocycles. The maximum atomic E-state index is 9.61. The van der Waals surface area contributed by atoms with Gasteiger partial charge in [-0.1, -0.05) is 19.1 Å². The maximum absolute atomic E-state index is 9.61. The Morgan fingerprint density at radius 2 is 1.82 bits per heavy atom. The molecule has 0 bridgehead atoms. The van der Waals surface area contributed by atoms with Crippen molar-refractivity contribution in [2.24, 2.45) is 0 Å². The van der Waals surface area contributed by atoms with Gasteiger partial charge < -0.3 is 14.9 Å². The Balaban J connectivity index is 2.31. The van der Waals surface area contributed by atoms with E-state index in [2.05, 4.69) is 19.1 Å². The van der Waals surface area contributed by atoms with E-state index < -0.39 is 0 Å². The van der Waals surface area contributed by atoms with Gasteiger partial charge in [0.2, 0.25) is 0 Å². The lowest BCUT2D eigenvalue weighted by atomic mass is 10.00. The fraction of sp³-hybridized carbons (Fsp3) is 0.368. The second kappa shape index (κ2) is 7.32. The van der Waals surface area contributed by atoms with Gasteiger partial charge in [0.05, 0.1) is 0 Å². The number of aryl methyl sites for hydroxylation is 4. The quantitative estimate of drug-likeness (QED) is 0.836. The normalized spacial score (nSPS) is 10.7. The minimum Gasteiger partial charge on any atom is -0.508 e. The first kappa shape index (κ1) is 16.4. The van der Waals surface area contributed by atoms with E-state index in [1.807, 2.05) is 19.9 Å². The zero-order valence-corrected chi connectivity index (χ0v) is 13.5. The minimum atomic E-state index is 0.214. The summed E-state index contributed by atoms with van der Waals surface area (Å²) in [7, 11) is 0. The molecule has 0 atom stereocenters. The van der Waals surface area contributed by atoms with Crippen LogP contribution in [0.25, 0.3) is 0 Å². The Kier molecular flexibility index (Phi) is 5.45. The molecule has 0 spiro atoms. The lowest BCUT2D eigenvalue weighted by molar-refractivity contribution is 0.288. The van der Waals surface area contributed by atoms with E-state index in [0.29, 0.717) is 0 Å². The van der Waals surface area contributed by atoms with Crippen molar-refractivity contribution >= 4 is 0 Å². The van der Waals surface area contributed by atoms with Crippen LogP contribution in [0.15, 0.2) is 30.3 Å². The van der Waals surface area contributed by atoms with E-state index in [4.69, 9.17) is 9.84 Å². The summed E-state index contributed by atoms with van der Waals surface area (Å²) in [6, 6.07) is 9.55. The predicted molar refractivity (Wildman–Crippen MR) is 88.9 cm³/mol. The predicted octanol–water partition coefficient (Wildman–Crippen LogP) is 4.29. The number of hydrogen-bond acceptors (Lipinski definition) is 3. The summed E-state index contributed by atoms with van der Waals surface area (Å²) in [6.45, 7) is 6.23. The summed E-state index contributed by atoms with van der Waals surface area (Å²) in [5.41, 5.74) is 4.29. The molecule has 0 radical (unpaired) electrons. The molecule has 2 N–H and O–H groups in total. The van der Waals surface area contributed by atoms with Crippen LogP contribution in [0.4, 0.5) is 0 Å². The van der Waals surface area contributed by atoms with Crippen molar-refractivity contribution in [2.45, 2.75) is 40.0 Å². The Labute approximate surface area is 132 Å². The zero-order chi connectivity index (χ0) is 16.1. The van der Waals surface area contributed by atoms with E-state index in [1.165, 1.54) is 11.1 Å². The molecule has 0 fully saturated rings. The molecule has 0 unspecified atom stereocenters. The van der Waals surface area contributed by atoms with Gasteiger partial charge in [0.15, 0.2) is 0 Å². The van der Waals surface area contributed by atoms with Gasteiger partial charge in [0, 0.05) is 6.61 Å². The van der Waals surface area contributed by atoms with E-state index in [1.54, 1.807) is 12.1 Å². The van der Waals surface area contributed by atoms with Crippen LogP contribution in [-0.2, 0) is 12.8 Å². The fourth-order valence-corrected chi connectivity index (χ4v) is 2.57. The first-order valence-electron chi connectivity index (χ1n) is 7.76. The molecule has 3 nitrogen and oxygen atoms in total. The summed E-state index contributed by atoms with van der Waals surface area (Å²) in [5, 5.41) is 18.6. The number of aliphatic hydroxyl groups is 1. The zero-order valence-electron chi connectivity index (χ0n) is 13.5. The van der Waals surface area contributed by atoms with Crippen LogP contribution in [0.3, 0.4) is 0 Å². The average Bonchev–Trinajstić information content (AvgIpc) is 2.50. The van der Waals surface area contributed by atoms with Crippen LogP contribution in [0.1, 0.15) is 35.6 Å². The second-order valence-corrected chi connectivity index (χ2v) is 5.63. The van der Waals surface area contributed by atoms with Crippen molar-refractivity contribution in [3.8, 4) is 17.2 Å². The molecule has 118 valence electrons. The molecule has 22 heavy (non-hydrogen) atoms. The number of phenolic OH excluding ortho intramolecular Hbond substituents is 1. The van der Waals surface area contributed by atoms with Gasteiger partial charge in [-0.25, -0.2) is 0 Å². The van der Waals surface area contributed by atoms with Crippen molar-refractivity contribution in [1.29, 1.82) is 0 Å². The highest BCUT2D eigenvalue weighted by atomic mass is 16.5. The first-order valence-corrected chi connectivity index (χ1v) is 7.76. The van der Waals surface area contributed by atoms with Gasteiger partial charge >= 0.3 is 0 Å². The smallest absolute Gasteiger partial charge is 0.133 e. The van der Waals surface area contributed by atoms with Crippen LogP contribution in [0.5, 0.6) is 17.2 Å². The molecule has 0 saturated carbocycles. The molecule has 0 saturated heterocycles. The van der Waals surface area contributed by atoms with Crippen LogP contribution < -0.4 is 4.74 Å². The third-order valence-corrected chi connectivity index (χ3v) is 3.80. The molecule has 0 aliphatic heterocycles. The van der Waals surface area contributed by atoms with Gasteiger partial charge in [-0.15, -0.1) is 0 Å². The topological polar surface area (TPSA) is 49.7 Å². The fourth-order valence-electron chi connectivity index (χ4n) is 2.57. The lowest BCUT2D eigenvalue weighted by Crippen LogP contribution is -1.98. The Morgan fingerprint density at radius 1 is 1.05 bits per heavy atom. The Bertz CT molecular complexity index is 647. The van der Waals surface area contributed by atoms with Crippen molar-refractivity contribution < 1.29 is 14.9 Å². The van der Waals surface area contributed by atoms with Gasteiger partial charge in [0.1, 0.15) is 17.2 Å². The standard InChI is InChI=1S/C19H24O3/c1-4-16-12-15(6-5-9-20)10-14(3)19(16)22-17-7-8-18(21)13(2)11-17/h7-8,10-12,20-21H,4-6,9H2,1-3H3. The second-order valence-electron chi connectivity index (χ2n) is 5.63. The SMILES string of the molecule is CCc1cc(CCCO)cc(C)c1Oc1ccc(O)c(C)c1. The van der Waals surface area contributed by atoms with Crippen molar-refractivity contribution in [2.75, 3.05) is 6.61 Å². The van der Waals surface area contributed by atoms with Crippen LogP contribution in [0, 0.1) is 13.8 Å². The van der Waals surface area contributed by atoms with Crippen LogP contribution >= 0.6 is 0 Å². The number of benzene rings is 2. The monoisotopic (exact) mass is 300 g/mol. The molecule has 3 heteroatoms. The Hall–Kier alpha value is -2.00. The number of aliphatic hydroxyl groups excluding tert-OH is 1. The summed E-state index contributed by atoms with van der Waals surface area (Å²) in [5.74, 6) is 1.90. The molecule has 2 rings (SSSR count). The third-order valence-electron chi connectivity index (χ3n) is 3.80. The number of hydrogen-bond donors (Lipinski definition) is 2. The van der Waals surface area contributed by atoms with Gasteiger partial charge in [-0.05, 0) is 73.6 Å². The van der Waals surface area contributed by atoms with Crippen LogP contribution in [-0.4, -0.2) is 16.8 Å². The van der Waals surface area contributed by atoms with Crippen molar-refractivity contribution in [1.82, 2.24) is 0 Å². The highest BCUT2D eigenvalue weighted by Crippen LogP contribution is 2.32. The van der Waals surface area contributed by atoms with Gasteiger partial charge in [-0.3, -0.25) is 0 Å². The molecule has 0 aliphatic carbocycles. The minimum absolute atomic E-state index is 0.214. The summed E-state index contributed by atoms with van der Waals surface area (Å²) in [4.78, 5) is 0. The molecular formula is C19H24O3. The van der Waals surface area contributed by atoms with Gasteiger partial charge in [-0.2, -0.15) is 0 Å². The van der Waals surface area contributed by atoms with Crippen LogP contribution in [0.2, 0.25) is 0 Å². The largest absolute Gasteiger partial charge is 0.508 e. The average molecular weight is 300 g/mol. The van der Waals surface area contributed by atoms with Gasteiger partial charge in [0.25, 0.3) is 0 Å². The summed E-state index contributed by atoms with van der Waals surface area (Å²) in [6.07, 6.45) is 2.54. The number of rotatable bonds is 6. The molecule has 0 aliphatic rings. The van der Waals surface area contributed by atoms with E-state index >= 15 is 0 Å². The maximum Gasteiger partial charge on any atom is 0.133 e. The summed E-state index contributed by atoms with van der Waals surface area (Å²) >= 11 is 0.